The third-order valence-corrected chi connectivity index (χ3v) is 6.76. The van der Waals surface area contributed by atoms with E-state index < -0.39 is 0 Å². The molecule has 31 heavy (non-hydrogen) atoms. The first-order chi connectivity index (χ1) is 15.2. The monoisotopic (exact) mass is 442 g/mol. The first kappa shape index (κ1) is 20.5. The summed E-state index contributed by atoms with van der Waals surface area (Å²) in [4.78, 5) is 14.3. The number of morpholine rings is 1. The molecule has 8 nitrogen and oxygen atoms in total. The minimum absolute atomic E-state index is 0.183. The molecule has 0 saturated carbocycles. The maximum atomic E-state index is 12.1. The Morgan fingerprint density at radius 2 is 2.03 bits per heavy atom. The highest BCUT2D eigenvalue weighted by molar-refractivity contribution is 7.98. The van der Waals surface area contributed by atoms with Gasteiger partial charge in [-0.1, -0.05) is 23.9 Å². The molecule has 2 fully saturated rings. The first-order valence-corrected chi connectivity index (χ1v) is 11.7. The van der Waals surface area contributed by atoms with Crippen LogP contribution in [0.1, 0.15) is 24.0 Å². The van der Waals surface area contributed by atoms with Gasteiger partial charge in [-0.15, -0.1) is 10.2 Å². The van der Waals surface area contributed by atoms with Gasteiger partial charge in [0.1, 0.15) is 5.58 Å². The van der Waals surface area contributed by atoms with E-state index in [4.69, 9.17) is 13.9 Å². The lowest BCUT2D eigenvalue weighted by molar-refractivity contribution is 0.0942. The van der Waals surface area contributed by atoms with E-state index in [1.54, 1.807) is 17.8 Å². The van der Waals surface area contributed by atoms with Gasteiger partial charge >= 0.3 is 5.63 Å². The predicted octanol–water partition coefficient (Wildman–Crippen LogP) is 3.00. The summed E-state index contributed by atoms with van der Waals surface area (Å²) >= 11 is 1.59. The smallest absolute Gasteiger partial charge is 0.336 e. The molecule has 0 radical (unpaired) electrons. The summed E-state index contributed by atoms with van der Waals surface area (Å²) < 4.78 is 19.0. The zero-order chi connectivity index (χ0) is 21.2. The first-order valence-electron chi connectivity index (χ1n) is 10.7. The van der Waals surface area contributed by atoms with Crippen molar-refractivity contribution in [3.05, 3.63) is 45.8 Å². The van der Waals surface area contributed by atoms with Gasteiger partial charge in [-0.2, -0.15) is 0 Å². The average Bonchev–Trinajstić information content (AvgIpc) is 3.42. The Morgan fingerprint density at radius 1 is 1.16 bits per heavy atom. The fourth-order valence-corrected chi connectivity index (χ4v) is 5.07. The van der Waals surface area contributed by atoms with Gasteiger partial charge in [-0.3, -0.25) is 4.57 Å². The van der Waals surface area contributed by atoms with Crippen LogP contribution in [0.3, 0.4) is 0 Å². The van der Waals surface area contributed by atoms with Crippen molar-refractivity contribution in [3.8, 4) is 0 Å². The maximum Gasteiger partial charge on any atom is 0.336 e. The molecule has 1 unspecified atom stereocenters. The number of anilines is 1. The van der Waals surface area contributed by atoms with E-state index in [2.05, 4.69) is 19.7 Å². The molecule has 0 spiro atoms. The van der Waals surface area contributed by atoms with Crippen LogP contribution in [0, 0.1) is 6.92 Å². The fraction of sp³-hybridized carbons (Fsp3) is 0.500. The molecule has 2 aliphatic rings. The molecule has 0 bridgehead atoms. The van der Waals surface area contributed by atoms with Gasteiger partial charge in [0, 0.05) is 36.9 Å². The van der Waals surface area contributed by atoms with Gasteiger partial charge in [0.25, 0.3) is 0 Å². The fourth-order valence-electron chi connectivity index (χ4n) is 4.14. The van der Waals surface area contributed by atoms with Gasteiger partial charge in [0.15, 0.2) is 5.16 Å². The van der Waals surface area contributed by atoms with E-state index in [-0.39, 0.29) is 11.7 Å². The zero-order valence-corrected chi connectivity index (χ0v) is 18.4. The number of aromatic nitrogens is 3. The Bertz CT molecular complexity index is 1120. The van der Waals surface area contributed by atoms with Crippen LogP contribution < -0.4 is 10.5 Å². The second-order valence-corrected chi connectivity index (χ2v) is 8.95. The summed E-state index contributed by atoms with van der Waals surface area (Å²) in [7, 11) is 0. The van der Waals surface area contributed by atoms with Crippen molar-refractivity contribution in [3.63, 3.8) is 0 Å². The number of nitrogens with zero attached hydrogens (tertiary/aromatic N) is 4. The van der Waals surface area contributed by atoms with Gasteiger partial charge in [-0.25, -0.2) is 4.79 Å². The quantitative estimate of drug-likeness (QED) is 0.426. The highest BCUT2D eigenvalue weighted by Gasteiger charge is 2.25. The molecule has 4 heterocycles. The molecular formula is C22H26N4O4S. The van der Waals surface area contributed by atoms with E-state index in [1.165, 1.54) is 0 Å². The SMILES string of the molecule is Cc1ccc2c(CSc3nnc(N4CCOCC4)n3CC3CCCO3)cc(=O)oc2c1. The average molecular weight is 443 g/mol. The second-order valence-electron chi connectivity index (χ2n) is 8.01. The van der Waals surface area contributed by atoms with Crippen LogP contribution in [0.2, 0.25) is 0 Å². The molecule has 1 atom stereocenters. The molecule has 5 rings (SSSR count). The van der Waals surface area contributed by atoms with E-state index >= 15 is 0 Å². The molecule has 9 heteroatoms. The molecule has 3 aromatic rings. The van der Waals surface area contributed by atoms with Gasteiger partial charge in [-0.05, 0) is 37.0 Å². The lowest BCUT2D eigenvalue weighted by atomic mass is 10.1. The zero-order valence-electron chi connectivity index (χ0n) is 17.6. The number of rotatable bonds is 6. The number of ether oxygens (including phenoxy) is 2. The summed E-state index contributed by atoms with van der Waals surface area (Å²) in [6, 6.07) is 7.53. The van der Waals surface area contributed by atoms with Crippen LogP contribution in [0.4, 0.5) is 5.95 Å². The normalized spacial score (nSPS) is 19.4. The Labute approximate surface area is 184 Å². The van der Waals surface area contributed by atoms with E-state index in [0.29, 0.717) is 24.5 Å². The van der Waals surface area contributed by atoms with Crippen molar-refractivity contribution in [2.75, 3.05) is 37.8 Å². The van der Waals surface area contributed by atoms with Crippen molar-refractivity contribution in [2.45, 2.75) is 43.3 Å². The van der Waals surface area contributed by atoms with Crippen LogP contribution in [-0.4, -0.2) is 53.8 Å². The van der Waals surface area contributed by atoms with Crippen molar-refractivity contribution in [1.29, 1.82) is 0 Å². The summed E-state index contributed by atoms with van der Waals surface area (Å²) in [5.41, 5.74) is 2.30. The predicted molar refractivity (Wildman–Crippen MR) is 119 cm³/mol. The minimum atomic E-state index is -0.330. The standard InChI is InChI=1S/C22H26N4O4S/c1-15-4-5-18-16(12-20(27)30-19(18)11-15)14-31-22-24-23-21(25-6-9-28-10-7-25)26(22)13-17-3-2-8-29-17/h4-5,11-12,17H,2-3,6-10,13-14H2,1H3. The Balaban J connectivity index is 1.43. The summed E-state index contributed by atoms with van der Waals surface area (Å²) in [5.74, 6) is 1.48. The number of hydrogen-bond donors (Lipinski definition) is 0. The lowest BCUT2D eigenvalue weighted by Gasteiger charge is -2.28. The molecule has 164 valence electrons. The highest BCUT2D eigenvalue weighted by atomic mass is 32.2. The summed E-state index contributed by atoms with van der Waals surface area (Å²) in [6.45, 7) is 6.53. The van der Waals surface area contributed by atoms with Crippen molar-refractivity contribution >= 4 is 28.7 Å². The lowest BCUT2D eigenvalue weighted by Crippen LogP contribution is -2.38. The second kappa shape index (κ2) is 9.02. The summed E-state index contributed by atoms with van der Waals surface area (Å²) in [5, 5.41) is 10.8. The molecule has 0 amide bonds. The highest BCUT2D eigenvalue weighted by Crippen LogP contribution is 2.30. The molecule has 0 aliphatic carbocycles. The van der Waals surface area contributed by atoms with Crippen LogP contribution in [0.15, 0.2) is 38.6 Å². The van der Waals surface area contributed by atoms with Gasteiger partial charge in [0.05, 0.1) is 25.9 Å². The summed E-state index contributed by atoms with van der Waals surface area (Å²) in [6.07, 6.45) is 2.32. The van der Waals surface area contributed by atoms with Crippen LogP contribution >= 0.6 is 11.8 Å². The van der Waals surface area contributed by atoms with Gasteiger partial charge < -0.3 is 18.8 Å². The topological polar surface area (TPSA) is 82.6 Å². The largest absolute Gasteiger partial charge is 0.423 e. The molecule has 2 aromatic heterocycles. The number of aryl methyl sites for hydroxylation is 1. The maximum absolute atomic E-state index is 12.1. The Morgan fingerprint density at radius 3 is 2.84 bits per heavy atom. The Kier molecular flexibility index (Phi) is 5.97. The van der Waals surface area contributed by atoms with E-state index in [9.17, 15) is 4.79 Å². The Hall–Kier alpha value is -2.36. The molecule has 1 aromatic carbocycles. The number of fused-ring (bicyclic) bond motifs is 1. The van der Waals surface area contributed by atoms with Gasteiger partial charge in [0.2, 0.25) is 5.95 Å². The van der Waals surface area contributed by atoms with Crippen LogP contribution in [-0.2, 0) is 21.8 Å². The van der Waals surface area contributed by atoms with Crippen LogP contribution in [0.5, 0.6) is 0 Å². The van der Waals surface area contributed by atoms with Crippen LogP contribution in [0.25, 0.3) is 11.0 Å². The van der Waals surface area contributed by atoms with E-state index in [1.807, 2.05) is 25.1 Å². The minimum Gasteiger partial charge on any atom is -0.423 e. The number of benzene rings is 1. The molecule has 0 N–H and O–H groups in total. The molecular weight excluding hydrogens is 416 g/mol. The number of hydrogen-bond acceptors (Lipinski definition) is 8. The molecule has 2 saturated heterocycles. The molecule has 2 aliphatic heterocycles. The third-order valence-electron chi connectivity index (χ3n) is 5.74. The third kappa shape index (κ3) is 4.49. The van der Waals surface area contributed by atoms with Crippen molar-refractivity contribution < 1.29 is 13.9 Å². The number of thioether (sulfide) groups is 1. The van der Waals surface area contributed by atoms with Crippen molar-refractivity contribution in [2.24, 2.45) is 0 Å². The van der Waals surface area contributed by atoms with E-state index in [0.717, 1.165) is 66.7 Å². The van der Waals surface area contributed by atoms with Crippen molar-refractivity contribution in [1.82, 2.24) is 14.8 Å².